The highest BCUT2D eigenvalue weighted by Gasteiger charge is 2.18. The summed E-state index contributed by atoms with van der Waals surface area (Å²) >= 11 is 0. The van der Waals surface area contributed by atoms with Crippen LogP contribution < -0.4 is 0 Å². The number of rotatable bonds is 2. The Hall–Kier alpha value is -1.12. The van der Waals surface area contributed by atoms with E-state index in [1.165, 1.54) is 5.57 Å². The predicted molar refractivity (Wildman–Crippen MR) is 47.5 cm³/mol. The summed E-state index contributed by atoms with van der Waals surface area (Å²) in [6.45, 7) is 4.17. The maximum atomic E-state index is 10.4. The second-order valence-electron chi connectivity index (χ2n) is 3.31. The molecule has 1 unspecified atom stereocenters. The standard InChI is InChI=1S/C9H13NO2/c1-7(2)8-3-5-9(6-4-8)10(11)12/h3-5,7,9H,6H2,1-2H3. The van der Waals surface area contributed by atoms with Crippen LogP contribution in [0.2, 0.25) is 0 Å². The Bertz CT molecular complexity index is 241. The molecule has 0 aliphatic heterocycles. The van der Waals surface area contributed by atoms with Gasteiger partial charge in [-0.3, -0.25) is 10.1 Å². The first-order chi connectivity index (χ1) is 5.61. The second kappa shape index (κ2) is 3.52. The molecule has 0 aromatic rings. The third-order valence-electron chi connectivity index (χ3n) is 2.04. The molecule has 1 atom stereocenters. The molecule has 66 valence electrons. The van der Waals surface area contributed by atoms with Crippen molar-refractivity contribution in [2.45, 2.75) is 26.3 Å². The second-order valence-corrected chi connectivity index (χ2v) is 3.31. The molecule has 3 nitrogen and oxygen atoms in total. The Morgan fingerprint density at radius 2 is 2.33 bits per heavy atom. The Balaban J connectivity index is 2.61. The molecule has 0 radical (unpaired) electrons. The Morgan fingerprint density at radius 3 is 2.67 bits per heavy atom. The van der Waals surface area contributed by atoms with Crippen molar-refractivity contribution in [2.24, 2.45) is 5.92 Å². The van der Waals surface area contributed by atoms with Crippen LogP contribution in [-0.2, 0) is 0 Å². The van der Waals surface area contributed by atoms with Crippen LogP contribution in [0.25, 0.3) is 0 Å². The van der Waals surface area contributed by atoms with Crippen molar-refractivity contribution in [2.75, 3.05) is 0 Å². The normalized spacial score (nSPS) is 22.6. The SMILES string of the molecule is CC(C)C1=CCC([N+](=O)[O-])C=C1. The van der Waals surface area contributed by atoms with Gasteiger partial charge in [-0.2, -0.15) is 0 Å². The van der Waals surface area contributed by atoms with Gasteiger partial charge in [-0.25, -0.2) is 0 Å². The van der Waals surface area contributed by atoms with E-state index in [1.54, 1.807) is 6.08 Å². The lowest BCUT2D eigenvalue weighted by Gasteiger charge is -2.12. The first-order valence-corrected chi connectivity index (χ1v) is 4.13. The fourth-order valence-electron chi connectivity index (χ4n) is 1.21. The Morgan fingerprint density at radius 1 is 1.67 bits per heavy atom. The maximum absolute atomic E-state index is 10.4. The predicted octanol–water partition coefficient (Wildman–Crippen LogP) is 2.17. The van der Waals surface area contributed by atoms with E-state index in [-0.39, 0.29) is 4.92 Å². The summed E-state index contributed by atoms with van der Waals surface area (Å²) in [5, 5.41) is 10.4. The van der Waals surface area contributed by atoms with Crippen LogP contribution in [0.3, 0.4) is 0 Å². The zero-order chi connectivity index (χ0) is 9.14. The van der Waals surface area contributed by atoms with Gasteiger partial charge in [0.05, 0.1) is 0 Å². The summed E-state index contributed by atoms with van der Waals surface area (Å²) in [7, 11) is 0. The van der Waals surface area contributed by atoms with E-state index in [0.717, 1.165) is 0 Å². The average molecular weight is 167 g/mol. The van der Waals surface area contributed by atoms with Gasteiger partial charge in [-0.1, -0.05) is 26.0 Å². The highest BCUT2D eigenvalue weighted by Crippen LogP contribution is 2.18. The van der Waals surface area contributed by atoms with Gasteiger partial charge in [0.15, 0.2) is 0 Å². The van der Waals surface area contributed by atoms with Crippen molar-refractivity contribution in [1.29, 1.82) is 0 Å². The van der Waals surface area contributed by atoms with E-state index < -0.39 is 6.04 Å². The molecule has 1 aliphatic carbocycles. The van der Waals surface area contributed by atoms with Crippen LogP contribution in [0.4, 0.5) is 0 Å². The molecular weight excluding hydrogens is 154 g/mol. The van der Waals surface area contributed by atoms with E-state index in [2.05, 4.69) is 13.8 Å². The van der Waals surface area contributed by atoms with Crippen LogP contribution in [-0.4, -0.2) is 11.0 Å². The van der Waals surface area contributed by atoms with E-state index in [9.17, 15) is 10.1 Å². The van der Waals surface area contributed by atoms with Crippen LogP contribution >= 0.6 is 0 Å². The molecule has 0 fully saturated rings. The molecule has 0 saturated heterocycles. The first-order valence-electron chi connectivity index (χ1n) is 4.13. The molecule has 1 aliphatic rings. The lowest BCUT2D eigenvalue weighted by molar-refractivity contribution is -0.508. The zero-order valence-corrected chi connectivity index (χ0v) is 7.36. The number of nitro groups is 1. The van der Waals surface area contributed by atoms with Gasteiger partial charge in [0, 0.05) is 11.3 Å². The van der Waals surface area contributed by atoms with Crippen molar-refractivity contribution in [1.82, 2.24) is 0 Å². The van der Waals surface area contributed by atoms with Gasteiger partial charge in [-0.15, -0.1) is 0 Å². The zero-order valence-electron chi connectivity index (χ0n) is 7.36. The van der Waals surface area contributed by atoms with Crippen molar-refractivity contribution in [3.8, 4) is 0 Å². The van der Waals surface area contributed by atoms with E-state index >= 15 is 0 Å². The molecular formula is C9H13NO2. The number of allylic oxidation sites excluding steroid dienone is 2. The molecule has 0 bridgehead atoms. The molecule has 0 saturated carbocycles. The molecule has 0 aromatic carbocycles. The molecule has 1 rings (SSSR count). The maximum Gasteiger partial charge on any atom is 0.235 e. The summed E-state index contributed by atoms with van der Waals surface area (Å²) in [4.78, 5) is 10.1. The van der Waals surface area contributed by atoms with Crippen LogP contribution in [0.15, 0.2) is 23.8 Å². The first kappa shape index (κ1) is 8.97. The molecule has 0 N–H and O–H groups in total. The lowest BCUT2D eigenvalue weighted by atomic mass is 9.95. The highest BCUT2D eigenvalue weighted by atomic mass is 16.6. The third kappa shape index (κ3) is 1.94. The van der Waals surface area contributed by atoms with Crippen molar-refractivity contribution < 1.29 is 4.92 Å². The molecule has 0 aromatic heterocycles. The fourth-order valence-corrected chi connectivity index (χ4v) is 1.21. The lowest BCUT2D eigenvalue weighted by Crippen LogP contribution is -2.18. The van der Waals surface area contributed by atoms with Gasteiger partial charge in [-0.05, 0) is 17.6 Å². The van der Waals surface area contributed by atoms with Gasteiger partial charge in [0.25, 0.3) is 0 Å². The minimum atomic E-state index is -0.507. The minimum absolute atomic E-state index is 0.246. The number of nitrogens with zero attached hydrogens (tertiary/aromatic N) is 1. The van der Waals surface area contributed by atoms with Gasteiger partial charge in [0.2, 0.25) is 6.04 Å². The topological polar surface area (TPSA) is 43.1 Å². The summed E-state index contributed by atoms with van der Waals surface area (Å²) in [6.07, 6.45) is 6.03. The quantitative estimate of drug-likeness (QED) is 0.467. The van der Waals surface area contributed by atoms with Crippen LogP contribution in [0.1, 0.15) is 20.3 Å². The van der Waals surface area contributed by atoms with E-state index in [0.29, 0.717) is 12.3 Å². The average Bonchev–Trinajstić information content (AvgIpc) is 2.04. The fraction of sp³-hybridized carbons (Fsp3) is 0.556. The van der Waals surface area contributed by atoms with Gasteiger partial charge < -0.3 is 0 Å². The minimum Gasteiger partial charge on any atom is -0.264 e. The number of hydrogen-bond acceptors (Lipinski definition) is 2. The molecule has 12 heavy (non-hydrogen) atoms. The summed E-state index contributed by atoms with van der Waals surface area (Å²) in [6, 6.07) is -0.507. The van der Waals surface area contributed by atoms with Crippen molar-refractivity contribution in [3.63, 3.8) is 0 Å². The third-order valence-corrected chi connectivity index (χ3v) is 2.04. The summed E-state index contributed by atoms with van der Waals surface area (Å²) in [5.74, 6) is 0.467. The molecule has 0 spiro atoms. The molecule has 0 amide bonds. The van der Waals surface area contributed by atoms with E-state index in [1.807, 2.05) is 12.2 Å². The van der Waals surface area contributed by atoms with E-state index in [4.69, 9.17) is 0 Å². The largest absolute Gasteiger partial charge is 0.264 e. The van der Waals surface area contributed by atoms with Crippen molar-refractivity contribution in [3.05, 3.63) is 33.9 Å². The van der Waals surface area contributed by atoms with Gasteiger partial charge >= 0.3 is 0 Å². The highest BCUT2D eigenvalue weighted by molar-refractivity contribution is 5.25. The number of hydrogen-bond donors (Lipinski definition) is 0. The summed E-state index contributed by atoms with van der Waals surface area (Å²) in [5.41, 5.74) is 1.20. The van der Waals surface area contributed by atoms with Crippen LogP contribution in [0.5, 0.6) is 0 Å². The monoisotopic (exact) mass is 167 g/mol. The molecule has 0 heterocycles. The van der Waals surface area contributed by atoms with Crippen molar-refractivity contribution >= 4 is 0 Å². The molecule has 3 heteroatoms. The van der Waals surface area contributed by atoms with Gasteiger partial charge in [0.1, 0.15) is 0 Å². The smallest absolute Gasteiger partial charge is 0.235 e. The summed E-state index contributed by atoms with van der Waals surface area (Å²) < 4.78 is 0. The Labute approximate surface area is 71.9 Å². The van der Waals surface area contributed by atoms with Crippen LogP contribution in [0, 0.1) is 16.0 Å². The Kier molecular flexibility index (Phi) is 2.63.